The number of nitrogens with one attached hydrogen (secondary N) is 1. The van der Waals surface area contributed by atoms with Crippen LogP contribution in [0.5, 0.6) is 0 Å². The van der Waals surface area contributed by atoms with Crippen LogP contribution < -0.4 is 5.32 Å². The third-order valence-corrected chi connectivity index (χ3v) is 5.33. The molecule has 1 amide bonds. The number of ketones is 1. The molecule has 0 aliphatic rings. The van der Waals surface area contributed by atoms with Crippen molar-refractivity contribution in [3.8, 4) is 0 Å². The van der Waals surface area contributed by atoms with E-state index < -0.39 is 5.97 Å². The Labute approximate surface area is 182 Å². The van der Waals surface area contributed by atoms with Gasteiger partial charge in [0.25, 0.3) is 0 Å². The first-order chi connectivity index (χ1) is 14.8. The molecule has 0 radical (unpaired) electrons. The topological polar surface area (TPSA) is 77.4 Å². The number of hydrogen-bond donors (Lipinski definition) is 1. The molecule has 162 valence electrons. The van der Waals surface area contributed by atoms with Crippen molar-refractivity contribution in [2.45, 2.75) is 40.2 Å². The van der Waals surface area contributed by atoms with Gasteiger partial charge in [0, 0.05) is 23.0 Å². The number of aromatic nitrogens is 1. The highest BCUT2D eigenvalue weighted by Crippen LogP contribution is 2.21. The number of amides is 1. The maximum atomic E-state index is 12.5. The number of fused-ring (bicyclic) bond motifs is 1. The molecule has 0 bridgehead atoms. The Balaban J connectivity index is 1.51. The van der Waals surface area contributed by atoms with Crippen molar-refractivity contribution in [1.82, 2.24) is 9.88 Å². The van der Waals surface area contributed by atoms with E-state index in [1.54, 1.807) is 0 Å². The number of rotatable bonds is 8. The molecule has 0 spiro atoms. The minimum atomic E-state index is -0.641. The molecule has 0 aliphatic heterocycles. The molecule has 0 saturated carbocycles. The van der Waals surface area contributed by atoms with Crippen molar-refractivity contribution in [2.24, 2.45) is 0 Å². The summed E-state index contributed by atoms with van der Waals surface area (Å²) in [4.78, 5) is 36.8. The lowest BCUT2D eigenvalue weighted by atomic mass is 10.0. The Morgan fingerprint density at radius 2 is 1.74 bits per heavy atom. The second-order valence-electron chi connectivity index (χ2n) is 7.92. The van der Waals surface area contributed by atoms with Crippen molar-refractivity contribution in [1.29, 1.82) is 0 Å². The van der Waals surface area contributed by atoms with Crippen molar-refractivity contribution in [3.63, 3.8) is 0 Å². The van der Waals surface area contributed by atoms with Crippen LogP contribution in [0, 0.1) is 13.8 Å². The minimum Gasteiger partial charge on any atom is -0.456 e. The molecular weight excluding hydrogens is 392 g/mol. The lowest BCUT2D eigenvalue weighted by molar-refractivity contribution is -0.142. The second kappa shape index (κ2) is 9.60. The zero-order chi connectivity index (χ0) is 22.5. The number of carbonyl (C=O) groups is 3. The summed E-state index contributed by atoms with van der Waals surface area (Å²) in [6.07, 6.45) is 0.161. The fourth-order valence-corrected chi connectivity index (χ4v) is 3.98. The quantitative estimate of drug-likeness (QED) is 0.443. The number of carbonyl (C=O) groups excluding carboxylic acids is 3. The Morgan fingerprint density at radius 3 is 2.45 bits per heavy atom. The first kappa shape index (κ1) is 22.3. The molecule has 1 aromatic heterocycles. The van der Waals surface area contributed by atoms with Gasteiger partial charge in [-0.25, -0.2) is 0 Å². The number of aryl methyl sites for hydroxylation is 1. The van der Waals surface area contributed by atoms with Crippen LogP contribution in [0.3, 0.4) is 0 Å². The van der Waals surface area contributed by atoms with E-state index in [-0.39, 0.29) is 37.3 Å². The third-order valence-electron chi connectivity index (χ3n) is 5.33. The minimum absolute atomic E-state index is 0.161. The lowest BCUT2D eigenvalue weighted by Crippen LogP contribution is -2.32. The van der Waals surface area contributed by atoms with E-state index in [2.05, 4.69) is 23.7 Å². The highest BCUT2D eigenvalue weighted by molar-refractivity contribution is 5.99. The number of hydrogen-bond acceptors (Lipinski definition) is 4. The van der Waals surface area contributed by atoms with Crippen molar-refractivity contribution < 1.29 is 19.1 Å². The van der Waals surface area contributed by atoms with Gasteiger partial charge in [0.1, 0.15) is 6.54 Å². The van der Waals surface area contributed by atoms with Gasteiger partial charge in [-0.1, -0.05) is 42.5 Å². The molecule has 6 heteroatoms. The van der Waals surface area contributed by atoms with Crippen molar-refractivity contribution in [3.05, 3.63) is 71.0 Å². The van der Waals surface area contributed by atoms with Gasteiger partial charge >= 0.3 is 5.97 Å². The SMILES string of the molecule is Cc1cc(C(=O)COC(=O)CNC(=O)Cc2cccc3ccccc23)c(C)n1C(C)C. The van der Waals surface area contributed by atoms with Crippen LogP contribution in [0.2, 0.25) is 0 Å². The van der Waals surface area contributed by atoms with Crippen LogP contribution in [-0.2, 0) is 20.7 Å². The van der Waals surface area contributed by atoms with Crippen LogP contribution in [0.25, 0.3) is 10.8 Å². The molecule has 3 aromatic rings. The number of nitrogens with zero attached hydrogens (tertiary/aromatic N) is 1. The van der Waals surface area contributed by atoms with Crippen molar-refractivity contribution in [2.75, 3.05) is 13.2 Å². The molecule has 31 heavy (non-hydrogen) atoms. The number of esters is 1. The summed E-state index contributed by atoms with van der Waals surface area (Å²) in [5, 5.41) is 4.63. The molecule has 0 aliphatic carbocycles. The van der Waals surface area contributed by atoms with E-state index in [1.807, 2.05) is 62.4 Å². The van der Waals surface area contributed by atoms with E-state index in [0.717, 1.165) is 27.7 Å². The summed E-state index contributed by atoms with van der Waals surface area (Å²) >= 11 is 0. The Hall–Kier alpha value is -3.41. The summed E-state index contributed by atoms with van der Waals surface area (Å²) in [5.74, 6) is -1.17. The predicted octanol–water partition coefficient (Wildman–Crippen LogP) is 3.92. The zero-order valence-corrected chi connectivity index (χ0v) is 18.4. The maximum absolute atomic E-state index is 12.5. The van der Waals surface area contributed by atoms with E-state index in [9.17, 15) is 14.4 Å². The summed E-state index contributed by atoms with van der Waals surface area (Å²) < 4.78 is 7.15. The largest absolute Gasteiger partial charge is 0.456 e. The molecule has 0 fully saturated rings. The Bertz CT molecular complexity index is 1120. The third kappa shape index (κ3) is 5.20. The average Bonchev–Trinajstić information content (AvgIpc) is 3.05. The Kier molecular flexibility index (Phi) is 6.90. The normalized spacial score (nSPS) is 11.0. The summed E-state index contributed by atoms with van der Waals surface area (Å²) in [6.45, 7) is 7.31. The highest BCUT2D eigenvalue weighted by atomic mass is 16.5. The molecule has 0 saturated heterocycles. The van der Waals surface area contributed by atoms with Gasteiger partial charge in [0.2, 0.25) is 11.7 Å². The first-order valence-corrected chi connectivity index (χ1v) is 10.4. The monoisotopic (exact) mass is 420 g/mol. The van der Waals surface area contributed by atoms with Crippen molar-refractivity contribution >= 4 is 28.4 Å². The predicted molar refractivity (Wildman–Crippen MR) is 120 cm³/mol. The molecule has 0 unspecified atom stereocenters. The number of Topliss-reactive ketones (excluding diaryl/α,β-unsaturated/α-hetero) is 1. The van der Waals surface area contributed by atoms with Crippen LogP contribution in [0.1, 0.15) is 47.2 Å². The molecule has 1 heterocycles. The van der Waals surface area contributed by atoms with E-state index in [1.165, 1.54) is 0 Å². The van der Waals surface area contributed by atoms with E-state index in [4.69, 9.17) is 4.74 Å². The standard InChI is InChI=1S/C25H28N2O4/c1-16(2)27-17(3)12-22(18(27)4)23(28)15-31-25(30)14-26-24(29)13-20-10-7-9-19-8-5-6-11-21(19)20/h5-12,16H,13-15H2,1-4H3,(H,26,29). The van der Waals surface area contributed by atoms with Crippen LogP contribution in [-0.4, -0.2) is 35.4 Å². The second-order valence-corrected chi connectivity index (χ2v) is 7.92. The first-order valence-electron chi connectivity index (χ1n) is 10.4. The Morgan fingerprint density at radius 1 is 1.03 bits per heavy atom. The smallest absolute Gasteiger partial charge is 0.325 e. The zero-order valence-electron chi connectivity index (χ0n) is 18.4. The summed E-state index contributed by atoms with van der Waals surface area (Å²) in [7, 11) is 0. The number of ether oxygens (including phenoxy) is 1. The fourth-order valence-electron chi connectivity index (χ4n) is 3.98. The summed E-state index contributed by atoms with van der Waals surface area (Å²) in [6, 6.07) is 15.7. The van der Waals surface area contributed by atoms with Gasteiger partial charge in [0.05, 0.1) is 6.42 Å². The van der Waals surface area contributed by atoms with Gasteiger partial charge in [0.15, 0.2) is 6.61 Å². The number of benzene rings is 2. The average molecular weight is 421 g/mol. The molecule has 2 aromatic carbocycles. The van der Waals surface area contributed by atoms with Gasteiger partial charge in [-0.05, 0) is 50.1 Å². The van der Waals surface area contributed by atoms with Crippen LogP contribution in [0.4, 0.5) is 0 Å². The maximum Gasteiger partial charge on any atom is 0.325 e. The molecule has 0 atom stereocenters. The highest BCUT2D eigenvalue weighted by Gasteiger charge is 2.18. The lowest BCUT2D eigenvalue weighted by Gasteiger charge is -2.13. The van der Waals surface area contributed by atoms with Gasteiger partial charge < -0.3 is 14.6 Å². The van der Waals surface area contributed by atoms with Gasteiger partial charge in [-0.15, -0.1) is 0 Å². The van der Waals surface area contributed by atoms with Crippen LogP contribution >= 0.6 is 0 Å². The van der Waals surface area contributed by atoms with Gasteiger partial charge in [-0.2, -0.15) is 0 Å². The fraction of sp³-hybridized carbons (Fsp3) is 0.320. The molecule has 6 nitrogen and oxygen atoms in total. The van der Waals surface area contributed by atoms with Gasteiger partial charge in [-0.3, -0.25) is 14.4 Å². The molecule has 1 N–H and O–H groups in total. The van der Waals surface area contributed by atoms with E-state index in [0.29, 0.717) is 5.56 Å². The summed E-state index contributed by atoms with van der Waals surface area (Å²) in [5.41, 5.74) is 3.29. The van der Waals surface area contributed by atoms with E-state index >= 15 is 0 Å². The van der Waals surface area contributed by atoms with Crippen LogP contribution in [0.15, 0.2) is 48.5 Å². The molecule has 3 rings (SSSR count). The molecular formula is C25H28N2O4.